The lowest BCUT2D eigenvalue weighted by Crippen LogP contribution is -2.12. The highest BCUT2D eigenvalue weighted by Crippen LogP contribution is 2.32. The number of hydrogen-bond donors (Lipinski definition) is 2. The maximum atomic E-state index is 11.4. The lowest BCUT2D eigenvalue weighted by atomic mass is 10.1. The molecule has 0 spiro atoms. The van der Waals surface area contributed by atoms with Gasteiger partial charge in [-0.2, -0.15) is 20.5 Å². The highest BCUT2D eigenvalue weighted by Gasteiger charge is 2.17. The van der Waals surface area contributed by atoms with Crippen LogP contribution in [0.25, 0.3) is 11.3 Å². The number of amides is 1. The van der Waals surface area contributed by atoms with Crippen LogP contribution in [0.5, 0.6) is 11.5 Å². The van der Waals surface area contributed by atoms with Crippen molar-refractivity contribution in [2.24, 2.45) is 5.73 Å². The quantitative estimate of drug-likeness (QED) is 0.460. The van der Waals surface area contributed by atoms with Gasteiger partial charge in [0.15, 0.2) is 23.9 Å². The molecule has 1 amide bonds. The number of aromatic nitrogens is 5. The van der Waals surface area contributed by atoms with Crippen molar-refractivity contribution in [2.75, 3.05) is 7.11 Å². The molecule has 0 fully saturated rings. The second-order valence-electron chi connectivity index (χ2n) is 5.02. The number of carbonyl (C=O) groups excluding carboxylic acids is 1. The second kappa shape index (κ2) is 6.88. The molecular weight excluding hydrogens is 346 g/mol. The first-order valence-corrected chi connectivity index (χ1v) is 7.18. The van der Waals surface area contributed by atoms with Crippen LogP contribution in [0, 0.1) is 10.1 Å². The SMILES string of the molecule is COc1cc(-c2n[nH]nc2C(N)=O)ccc1OCn1cc([N+](=O)[O-])cn1. The Balaban J connectivity index is 1.81. The van der Waals surface area contributed by atoms with Gasteiger partial charge in [0.05, 0.1) is 12.0 Å². The number of hydrogen-bond acceptors (Lipinski definition) is 8. The Morgan fingerprint density at radius 2 is 2.19 bits per heavy atom. The molecule has 12 heteroatoms. The molecule has 134 valence electrons. The Kier molecular flexibility index (Phi) is 4.47. The first-order valence-electron chi connectivity index (χ1n) is 7.18. The van der Waals surface area contributed by atoms with Gasteiger partial charge in [-0.05, 0) is 18.2 Å². The van der Waals surface area contributed by atoms with Crippen LogP contribution in [0.1, 0.15) is 10.5 Å². The zero-order valence-electron chi connectivity index (χ0n) is 13.4. The van der Waals surface area contributed by atoms with Gasteiger partial charge in [0.2, 0.25) is 0 Å². The summed E-state index contributed by atoms with van der Waals surface area (Å²) in [7, 11) is 1.45. The number of methoxy groups -OCH3 is 1. The molecule has 0 aliphatic carbocycles. The molecule has 0 saturated carbocycles. The molecule has 3 aromatic rings. The van der Waals surface area contributed by atoms with Crippen molar-refractivity contribution in [2.45, 2.75) is 6.73 Å². The normalized spacial score (nSPS) is 10.5. The van der Waals surface area contributed by atoms with Gasteiger partial charge >= 0.3 is 5.69 Å². The average molecular weight is 359 g/mol. The van der Waals surface area contributed by atoms with E-state index in [4.69, 9.17) is 15.2 Å². The number of benzene rings is 1. The van der Waals surface area contributed by atoms with E-state index in [1.165, 1.54) is 18.0 Å². The number of primary amides is 1. The summed E-state index contributed by atoms with van der Waals surface area (Å²) in [5.74, 6) is 0.0226. The zero-order valence-corrected chi connectivity index (χ0v) is 13.4. The van der Waals surface area contributed by atoms with Crippen molar-refractivity contribution in [3.05, 3.63) is 46.4 Å². The van der Waals surface area contributed by atoms with Crippen molar-refractivity contribution in [3.63, 3.8) is 0 Å². The van der Waals surface area contributed by atoms with E-state index in [2.05, 4.69) is 20.5 Å². The number of carbonyl (C=O) groups is 1. The van der Waals surface area contributed by atoms with E-state index in [0.717, 1.165) is 6.20 Å². The third-order valence-corrected chi connectivity index (χ3v) is 3.40. The summed E-state index contributed by atoms with van der Waals surface area (Å²) in [5.41, 5.74) is 5.95. The van der Waals surface area contributed by atoms with Gasteiger partial charge in [-0.3, -0.25) is 14.9 Å². The van der Waals surface area contributed by atoms with E-state index in [1.54, 1.807) is 18.2 Å². The van der Waals surface area contributed by atoms with Crippen LogP contribution >= 0.6 is 0 Å². The highest BCUT2D eigenvalue weighted by molar-refractivity contribution is 5.96. The van der Waals surface area contributed by atoms with Crippen LogP contribution in [-0.4, -0.2) is 43.1 Å². The Hall–Kier alpha value is -3.96. The van der Waals surface area contributed by atoms with Crippen LogP contribution in [0.4, 0.5) is 5.69 Å². The molecule has 1 aromatic carbocycles. The van der Waals surface area contributed by atoms with Crippen LogP contribution in [0.2, 0.25) is 0 Å². The lowest BCUT2D eigenvalue weighted by molar-refractivity contribution is -0.385. The van der Waals surface area contributed by atoms with Crippen LogP contribution in [0.15, 0.2) is 30.6 Å². The molecule has 0 bridgehead atoms. The number of nitrogens with zero attached hydrogens (tertiary/aromatic N) is 5. The monoisotopic (exact) mass is 359 g/mol. The molecular formula is C14H13N7O5. The van der Waals surface area contributed by atoms with E-state index < -0.39 is 10.8 Å². The van der Waals surface area contributed by atoms with E-state index in [-0.39, 0.29) is 23.8 Å². The number of rotatable bonds is 7. The van der Waals surface area contributed by atoms with Crippen molar-refractivity contribution in [1.82, 2.24) is 25.2 Å². The van der Waals surface area contributed by atoms with Crippen molar-refractivity contribution in [1.29, 1.82) is 0 Å². The van der Waals surface area contributed by atoms with E-state index >= 15 is 0 Å². The minimum atomic E-state index is -0.715. The minimum absolute atomic E-state index is 0.00423. The summed E-state index contributed by atoms with van der Waals surface area (Å²) >= 11 is 0. The largest absolute Gasteiger partial charge is 0.493 e. The molecule has 26 heavy (non-hydrogen) atoms. The molecule has 0 saturated heterocycles. The molecule has 0 atom stereocenters. The summed E-state index contributed by atoms with van der Waals surface area (Å²) < 4.78 is 12.1. The third-order valence-electron chi connectivity index (χ3n) is 3.40. The molecule has 2 heterocycles. The topological polar surface area (TPSA) is 164 Å². The van der Waals surface area contributed by atoms with Crippen molar-refractivity contribution >= 4 is 11.6 Å². The summed E-state index contributed by atoms with van der Waals surface area (Å²) in [6.07, 6.45) is 2.37. The fourth-order valence-corrected chi connectivity index (χ4v) is 2.19. The van der Waals surface area contributed by atoms with Crippen LogP contribution in [0.3, 0.4) is 0 Å². The number of H-pyrrole nitrogens is 1. The smallest absolute Gasteiger partial charge is 0.307 e. The fourth-order valence-electron chi connectivity index (χ4n) is 2.19. The second-order valence-corrected chi connectivity index (χ2v) is 5.02. The lowest BCUT2D eigenvalue weighted by Gasteiger charge is -2.11. The minimum Gasteiger partial charge on any atom is -0.493 e. The standard InChI is InChI=1S/C14H13N7O5/c1-25-11-4-8(12-13(14(15)22)18-19-17-12)2-3-10(11)26-7-20-6-9(5-16-20)21(23)24/h2-6H,7H2,1H3,(H2,15,22)(H,17,18,19). The van der Waals surface area contributed by atoms with E-state index in [1.807, 2.05) is 0 Å². The van der Waals surface area contributed by atoms with Crippen molar-refractivity contribution < 1.29 is 19.2 Å². The summed E-state index contributed by atoms with van der Waals surface area (Å²) in [4.78, 5) is 21.5. The van der Waals surface area contributed by atoms with Gasteiger partial charge in [-0.25, -0.2) is 4.68 Å². The fraction of sp³-hybridized carbons (Fsp3) is 0.143. The Bertz CT molecular complexity index is 964. The van der Waals surface area contributed by atoms with E-state index in [9.17, 15) is 14.9 Å². The molecule has 0 radical (unpaired) electrons. The number of aromatic amines is 1. The number of ether oxygens (including phenoxy) is 2. The Labute approximate surface area is 145 Å². The van der Waals surface area contributed by atoms with Gasteiger partial charge in [0.25, 0.3) is 5.91 Å². The van der Waals surface area contributed by atoms with Gasteiger partial charge in [-0.1, -0.05) is 0 Å². The third kappa shape index (κ3) is 3.28. The predicted molar refractivity (Wildman–Crippen MR) is 86.4 cm³/mol. The highest BCUT2D eigenvalue weighted by atomic mass is 16.6. The van der Waals surface area contributed by atoms with Gasteiger partial charge in [0, 0.05) is 5.56 Å². The maximum absolute atomic E-state index is 11.4. The van der Waals surface area contributed by atoms with Crippen LogP contribution in [-0.2, 0) is 6.73 Å². The number of nitrogens with two attached hydrogens (primary N) is 1. The zero-order chi connectivity index (χ0) is 18.7. The van der Waals surface area contributed by atoms with Gasteiger partial charge in [0.1, 0.15) is 18.1 Å². The molecule has 3 N–H and O–H groups in total. The van der Waals surface area contributed by atoms with Gasteiger partial charge in [-0.15, -0.1) is 0 Å². The average Bonchev–Trinajstić information content (AvgIpc) is 3.29. The molecule has 0 unspecified atom stereocenters. The first-order chi connectivity index (χ1) is 12.5. The molecule has 0 aliphatic heterocycles. The molecule has 3 rings (SSSR count). The molecule has 12 nitrogen and oxygen atoms in total. The summed E-state index contributed by atoms with van der Waals surface area (Å²) in [6, 6.07) is 4.85. The summed E-state index contributed by atoms with van der Waals surface area (Å²) in [6.45, 7) is -0.0555. The van der Waals surface area contributed by atoms with E-state index in [0.29, 0.717) is 17.1 Å². The molecule has 2 aromatic heterocycles. The van der Waals surface area contributed by atoms with Crippen molar-refractivity contribution in [3.8, 4) is 22.8 Å². The number of nitro groups is 1. The molecule has 0 aliphatic rings. The maximum Gasteiger partial charge on any atom is 0.307 e. The predicted octanol–water partition coefficient (Wildman–Crippen LogP) is 0.720. The Morgan fingerprint density at radius 1 is 1.38 bits per heavy atom. The van der Waals surface area contributed by atoms with Crippen LogP contribution < -0.4 is 15.2 Å². The van der Waals surface area contributed by atoms with Gasteiger partial charge < -0.3 is 15.2 Å². The summed E-state index contributed by atoms with van der Waals surface area (Å²) in [5, 5.41) is 24.5. The first kappa shape index (κ1) is 16.9. The Morgan fingerprint density at radius 3 is 2.85 bits per heavy atom. The number of nitrogens with one attached hydrogen (secondary N) is 1.